The third kappa shape index (κ3) is 3.71. The molecule has 1 saturated heterocycles. The molecule has 1 N–H and O–H groups in total. The van der Waals surface area contributed by atoms with Gasteiger partial charge in [-0.05, 0) is 38.3 Å². The van der Waals surface area contributed by atoms with Crippen molar-refractivity contribution in [1.29, 1.82) is 0 Å². The normalized spacial score (nSPS) is 14.2. The molecular formula is C19H24N4O3. The van der Waals surface area contributed by atoms with Gasteiger partial charge in [0.05, 0.1) is 24.1 Å². The smallest absolute Gasteiger partial charge is 0.274 e. The molecule has 7 heteroatoms. The molecule has 1 aromatic heterocycles. The Balaban J connectivity index is 1.83. The molecule has 0 unspecified atom stereocenters. The number of benzene rings is 1. The van der Waals surface area contributed by atoms with Crippen LogP contribution in [0.3, 0.4) is 0 Å². The fourth-order valence-corrected chi connectivity index (χ4v) is 3.15. The van der Waals surface area contributed by atoms with Crippen molar-refractivity contribution in [3.05, 3.63) is 41.7 Å². The summed E-state index contributed by atoms with van der Waals surface area (Å²) in [5.74, 6) is 0.0909. The number of aromatic nitrogens is 2. The van der Waals surface area contributed by atoms with Crippen LogP contribution < -0.4 is 10.1 Å². The minimum Gasteiger partial charge on any atom is -0.493 e. The summed E-state index contributed by atoms with van der Waals surface area (Å²) < 4.78 is 7.03. The lowest BCUT2D eigenvalue weighted by molar-refractivity contribution is 0.0714. The zero-order chi connectivity index (χ0) is 18.5. The Morgan fingerprint density at radius 1 is 1.19 bits per heavy atom. The van der Waals surface area contributed by atoms with E-state index >= 15 is 0 Å². The standard InChI is InChI=1S/C19H24N4O3/c1-3-26-16-10-6-5-9-14(16)18(24)21-15-13-20-22(2)17(15)19(25)23-11-7-4-8-12-23/h5-6,9-10,13H,3-4,7-8,11-12H2,1-2H3,(H,21,24). The van der Waals surface area contributed by atoms with Gasteiger partial charge in [-0.25, -0.2) is 0 Å². The van der Waals surface area contributed by atoms with E-state index in [0.29, 0.717) is 29.3 Å². The van der Waals surface area contributed by atoms with Crippen LogP contribution in [-0.2, 0) is 7.05 Å². The average Bonchev–Trinajstić information content (AvgIpc) is 3.02. The lowest BCUT2D eigenvalue weighted by Gasteiger charge is -2.27. The first-order chi connectivity index (χ1) is 12.6. The van der Waals surface area contributed by atoms with Crippen LogP contribution in [0, 0.1) is 0 Å². The van der Waals surface area contributed by atoms with E-state index in [2.05, 4.69) is 10.4 Å². The van der Waals surface area contributed by atoms with Gasteiger partial charge in [0.25, 0.3) is 11.8 Å². The molecule has 26 heavy (non-hydrogen) atoms. The molecule has 2 heterocycles. The predicted octanol–water partition coefficient (Wildman–Crippen LogP) is 2.70. The van der Waals surface area contributed by atoms with Gasteiger partial charge in [-0.3, -0.25) is 14.3 Å². The van der Waals surface area contributed by atoms with Gasteiger partial charge < -0.3 is 15.0 Å². The monoisotopic (exact) mass is 356 g/mol. The number of carbonyl (C=O) groups is 2. The van der Waals surface area contributed by atoms with Crippen LogP contribution in [0.1, 0.15) is 47.0 Å². The molecular weight excluding hydrogens is 332 g/mol. The number of nitrogens with zero attached hydrogens (tertiary/aromatic N) is 3. The largest absolute Gasteiger partial charge is 0.493 e. The van der Waals surface area contributed by atoms with E-state index in [1.54, 1.807) is 25.2 Å². The number of hydrogen-bond donors (Lipinski definition) is 1. The fourth-order valence-electron chi connectivity index (χ4n) is 3.15. The Bertz CT molecular complexity index is 794. The molecule has 0 spiro atoms. The maximum absolute atomic E-state index is 12.9. The molecule has 1 aromatic carbocycles. The Morgan fingerprint density at radius 2 is 1.92 bits per heavy atom. The third-order valence-corrected chi connectivity index (χ3v) is 4.46. The highest BCUT2D eigenvalue weighted by Crippen LogP contribution is 2.23. The van der Waals surface area contributed by atoms with Gasteiger partial charge in [0.15, 0.2) is 0 Å². The van der Waals surface area contributed by atoms with E-state index in [1.807, 2.05) is 17.9 Å². The summed E-state index contributed by atoms with van der Waals surface area (Å²) in [6, 6.07) is 7.04. The highest BCUT2D eigenvalue weighted by Gasteiger charge is 2.25. The first-order valence-corrected chi connectivity index (χ1v) is 8.96. The Hall–Kier alpha value is -2.83. The highest BCUT2D eigenvalue weighted by atomic mass is 16.5. The van der Waals surface area contributed by atoms with Crippen molar-refractivity contribution in [2.75, 3.05) is 25.0 Å². The Kier molecular flexibility index (Phi) is 5.55. The minimum absolute atomic E-state index is 0.0990. The van der Waals surface area contributed by atoms with Crippen LogP contribution >= 0.6 is 0 Å². The van der Waals surface area contributed by atoms with Crippen molar-refractivity contribution in [3.63, 3.8) is 0 Å². The SMILES string of the molecule is CCOc1ccccc1C(=O)Nc1cnn(C)c1C(=O)N1CCCCC1. The van der Waals surface area contributed by atoms with Crippen molar-refractivity contribution < 1.29 is 14.3 Å². The van der Waals surface area contributed by atoms with Crippen molar-refractivity contribution in [2.45, 2.75) is 26.2 Å². The molecule has 1 aliphatic rings. The third-order valence-electron chi connectivity index (χ3n) is 4.46. The molecule has 1 aliphatic heterocycles. The van der Waals surface area contributed by atoms with Crippen molar-refractivity contribution in [1.82, 2.24) is 14.7 Å². The van der Waals surface area contributed by atoms with Gasteiger partial charge in [0.2, 0.25) is 0 Å². The summed E-state index contributed by atoms with van der Waals surface area (Å²) in [6.07, 6.45) is 4.67. The van der Waals surface area contributed by atoms with Crippen LogP contribution in [0.4, 0.5) is 5.69 Å². The van der Waals surface area contributed by atoms with Gasteiger partial charge in [0.1, 0.15) is 11.4 Å². The van der Waals surface area contributed by atoms with Crippen LogP contribution in [0.15, 0.2) is 30.5 Å². The van der Waals surface area contributed by atoms with E-state index in [-0.39, 0.29) is 11.8 Å². The number of piperidine rings is 1. The maximum Gasteiger partial charge on any atom is 0.274 e. The molecule has 0 saturated carbocycles. The summed E-state index contributed by atoms with van der Waals surface area (Å²) in [5.41, 5.74) is 1.24. The van der Waals surface area contributed by atoms with E-state index in [4.69, 9.17) is 4.74 Å². The van der Waals surface area contributed by atoms with Gasteiger partial charge in [0, 0.05) is 20.1 Å². The first-order valence-electron chi connectivity index (χ1n) is 8.96. The zero-order valence-corrected chi connectivity index (χ0v) is 15.2. The van der Waals surface area contributed by atoms with Crippen molar-refractivity contribution in [2.24, 2.45) is 7.05 Å². The van der Waals surface area contributed by atoms with Crippen LogP contribution in [0.2, 0.25) is 0 Å². The number of para-hydroxylation sites is 1. The van der Waals surface area contributed by atoms with Crippen LogP contribution in [0.5, 0.6) is 5.75 Å². The number of carbonyl (C=O) groups excluding carboxylic acids is 2. The number of amides is 2. The lowest BCUT2D eigenvalue weighted by atomic mass is 10.1. The minimum atomic E-state index is -0.324. The molecule has 2 amide bonds. The Morgan fingerprint density at radius 3 is 2.65 bits per heavy atom. The summed E-state index contributed by atoms with van der Waals surface area (Å²) >= 11 is 0. The average molecular weight is 356 g/mol. The van der Waals surface area contributed by atoms with Crippen molar-refractivity contribution >= 4 is 17.5 Å². The second kappa shape index (κ2) is 8.03. The molecule has 3 rings (SSSR count). The molecule has 138 valence electrons. The second-order valence-electron chi connectivity index (χ2n) is 6.27. The maximum atomic E-state index is 12.9. The fraction of sp³-hybridized carbons (Fsp3) is 0.421. The number of likely N-dealkylation sites (tertiary alicyclic amines) is 1. The van der Waals surface area contributed by atoms with E-state index in [1.165, 1.54) is 10.9 Å². The van der Waals surface area contributed by atoms with Gasteiger partial charge in [-0.15, -0.1) is 0 Å². The summed E-state index contributed by atoms with van der Waals surface area (Å²) in [5, 5.41) is 6.98. The quantitative estimate of drug-likeness (QED) is 0.894. The molecule has 1 fully saturated rings. The molecule has 0 bridgehead atoms. The second-order valence-corrected chi connectivity index (χ2v) is 6.27. The van der Waals surface area contributed by atoms with Gasteiger partial charge >= 0.3 is 0 Å². The zero-order valence-electron chi connectivity index (χ0n) is 15.2. The number of anilines is 1. The molecule has 0 radical (unpaired) electrons. The molecule has 0 aliphatic carbocycles. The number of nitrogens with one attached hydrogen (secondary N) is 1. The summed E-state index contributed by atoms with van der Waals surface area (Å²) in [6.45, 7) is 3.82. The Labute approximate surface area is 152 Å². The number of hydrogen-bond acceptors (Lipinski definition) is 4. The van der Waals surface area contributed by atoms with Gasteiger partial charge in [-0.1, -0.05) is 12.1 Å². The highest BCUT2D eigenvalue weighted by molar-refractivity contribution is 6.09. The summed E-state index contributed by atoms with van der Waals surface area (Å²) in [4.78, 5) is 27.4. The first kappa shape index (κ1) is 18.0. The lowest BCUT2D eigenvalue weighted by Crippen LogP contribution is -2.37. The van der Waals surface area contributed by atoms with Crippen molar-refractivity contribution in [3.8, 4) is 5.75 Å². The van der Waals surface area contributed by atoms with Crippen LogP contribution in [0.25, 0.3) is 0 Å². The van der Waals surface area contributed by atoms with E-state index in [0.717, 1.165) is 32.4 Å². The van der Waals surface area contributed by atoms with Gasteiger partial charge in [-0.2, -0.15) is 5.10 Å². The number of aryl methyl sites for hydroxylation is 1. The topological polar surface area (TPSA) is 76.5 Å². The number of ether oxygens (including phenoxy) is 1. The predicted molar refractivity (Wildman–Crippen MR) is 98.5 cm³/mol. The summed E-state index contributed by atoms with van der Waals surface area (Å²) in [7, 11) is 1.71. The molecule has 2 aromatic rings. The van der Waals surface area contributed by atoms with E-state index < -0.39 is 0 Å². The number of rotatable bonds is 5. The van der Waals surface area contributed by atoms with E-state index in [9.17, 15) is 9.59 Å². The molecule has 7 nitrogen and oxygen atoms in total. The molecule has 0 atom stereocenters. The van der Waals surface area contributed by atoms with Crippen LogP contribution in [-0.4, -0.2) is 46.2 Å².